The highest BCUT2D eigenvalue weighted by molar-refractivity contribution is 5.22. The summed E-state index contributed by atoms with van der Waals surface area (Å²) in [6, 6.07) is 9.32. The van der Waals surface area contributed by atoms with Gasteiger partial charge in [-0.05, 0) is 45.2 Å². The predicted octanol–water partition coefficient (Wildman–Crippen LogP) is 3.33. The molecule has 102 valence electrons. The van der Waals surface area contributed by atoms with Gasteiger partial charge >= 0.3 is 0 Å². The lowest BCUT2D eigenvalue weighted by atomic mass is 10.0. The van der Waals surface area contributed by atoms with Crippen LogP contribution in [0.25, 0.3) is 0 Å². The van der Waals surface area contributed by atoms with E-state index in [1.807, 2.05) is 0 Å². The third-order valence-electron chi connectivity index (χ3n) is 3.06. The summed E-state index contributed by atoms with van der Waals surface area (Å²) in [5, 5.41) is 3.62. The van der Waals surface area contributed by atoms with Gasteiger partial charge in [-0.1, -0.05) is 36.8 Å². The minimum absolute atomic E-state index is 0.526. The van der Waals surface area contributed by atoms with Gasteiger partial charge in [-0.3, -0.25) is 0 Å². The van der Waals surface area contributed by atoms with Crippen LogP contribution < -0.4 is 5.32 Å². The molecule has 1 aromatic rings. The molecular weight excluding hydrogens is 222 g/mol. The van der Waals surface area contributed by atoms with E-state index in [0.717, 1.165) is 32.6 Å². The SMILES string of the molecule is CCCNC(CCOCC)Cc1cccc(C)c1. The minimum Gasteiger partial charge on any atom is -0.382 e. The van der Waals surface area contributed by atoms with Crippen LogP contribution in [0.5, 0.6) is 0 Å². The van der Waals surface area contributed by atoms with Crippen molar-refractivity contribution in [1.82, 2.24) is 5.32 Å². The van der Waals surface area contributed by atoms with E-state index in [1.165, 1.54) is 17.5 Å². The van der Waals surface area contributed by atoms with E-state index in [0.29, 0.717) is 6.04 Å². The molecule has 0 saturated carbocycles. The second kappa shape index (κ2) is 9.12. The maximum atomic E-state index is 5.47. The first-order valence-electron chi connectivity index (χ1n) is 7.13. The van der Waals surface area contributed by atoms with Gasteiger partial charge in [0.05, 0.1) is 0 Å². The molecule has 0 aliphatic heterocycles. The van der Waals surface area contributed by atoms with E-state index in [9.17, 15) is 0 Å². The Kier molecular flexibility index (Phi) is 7.70. The molecule has 0 saturated heterocycles. The highest BCUT2D eigenvalue weighted by atomic mass is 16.5. The molecule has 0 aliphatic rings. The molecule has 2 heteroatoms. The third-order valence-corrected chi connectivity index (χ3v) is 3.06. The molecule has 2 nitrogen and oxygen atoms in total. The fourth-order valence-electron chi connectivity index (χ4n) is 2.12. The minimum atomic E-state index is 0.526. The molecule has 0 bridgehead atoms. The number of rotatable bonds is 9. The van der Waals surface area contributed by atoms with Crippen LogP contribution in [0.3, 0.4) is 0 Å². The maximum Gasteiger partial charge on any atom is 0.0480 e. The van der Waals surface area contributed by atoms with Crippen LogP contribution in [-0.2, 0) is 11.2 Å². The molecule has 0 radical (unpaired) electrons. The van der Waals surface area contributed by atoms with E-state index < -0.39 is 0 Å². The molecule has 1 atom stereocenters. The van der Waals surface area contributed by atoms with Crippen molar-refractivity contribution in [3.05, 3.63) is 35.4 Å². The van der Waals surface area contributed by atoms with Crippen LogP contribution in [0.2, 0.25) is 0 Å². The molecule has 18 heavy (non-hydrogen) atoms. The summed E-state index contributed by atoms with van der Waals surface area (Å²) >= 11 is 0. The average molecular weight is 249 g/mol. The van der Waals surface area contributed by atoms with E-state index >= 15 is 0 Å². The summed E-state index contributed by atoms with van der Waals surface area (Å²) in [7, 11) is 0. The molecule has 1 unspecified atom stereocenters. The van der Waals surface area contributed by atoms with E-state index in [2.05, 4.69) is 50.4 Å². The van der Waals surface area contributed by atoms with Crippen molar-refractivity contribution in [2.45, 2.75) is 46.1 Å². The van der Waals surface area contributed by atoms with E-state index in [4.69, 9.17) is 4.74 Å². The summed E-state index contributed by atoms with van der Waals surface area (Å²) in [6.45, 7) is 9.16. The summed E-state index contributed by atoms with van der Waals surface area (Å²) in [4.78, 5) is 0. The fourth-order valence-corrected chi connectivity index (χ4v) is 2.12. The Morgan fingerprint density at radius 2 is 2.11 bits per heavy atom. The van der Waals surface area contributed by atoms with Crippen LogP contribution >= 0.6 is 0 Å². The molecule has 1 rings (SSSR count). The van der Waals surface area contributed by atoms with Crippen LogP contribution in [0.4, 0.5) is 0 Å². The number of nitrogens with one attached hydrogen (secondary N) is 1. The zero-order chi connectivity index (χ0) is 13.2. The third kappa shape index (κ3) is 6.18. The van der Waals surface area contributed by atoms with Gasteiger partial charge < -0.3 is 10.1 Å². The standard InChI is InChI=1S/C16H27NO/c1-4-10-17-16(9-11-18-5-2)13-15-8-6-7-14(3)12-15/h6-8,12,16-17H,4-5,9-11,13H2,1-3H3. The number of benzene rings is 1. The summed E-state index contributed by atoms with van der Waals surface area (Å²) in [6.07, 6.45) is 3.36. The van der Waals surface area contributed by atoms with Crippen molar-refractivity contribution < 1.29 is 4.74 Å². The van der Waals surface area contributed by atoms with Gasteiger partial charge in [0.25, 0.3) is 0 Å². The molecule has 1 N–H and O–H groups in total. The van der Waals surface area contributed by atoms with Crippen LogP contribution in [0.15, 0.2) is 24.3 Å². The Morgan fingerprint density at radius 1 is 1.28 bits per heavy atom. The Bertz CT molecular complexity index is 325. The Morgan fingerprint density at radius 3 is 2.78 bits per heavy atom. The highest BCUT2D eigenvalue weighted by Gasteiger charge is 2.08. The van der Waals surface area contributed by atoms with Gasteiger partial charge in [0.1, 0.15) is 0 Å². The van der Waals surface area contributed by atoms with Gasteiger partial charge in [-0.15, -0.1) is 0 Å². The first-order chi connectivity index (χ1) is 8.76. The second-order valence-corrected chi connectivity index (χ2v) is 4.83. The smallest absolute Gasteiger partial charge is 0.0480 e. The fraction of sp³-hybridized carbons (Fsp3) is 0.625. The molecule has 0 fully saturated rings. The number of hydrogen-bond donors (Lipinski definition) is 1. The average Bonchev–Trinajstić information content (AvgIpc) is 2.36. The van der Waals surface area contributed by atoms with E-state index in [-0.39, 0.29) is 0 Å². The quantitative estimate of drug-likeness (QED) is 0.678. The van der Waals surface area contributed by atoms with Crippen LogP contribution in [0.1, 0.15) is 37.8 Å². The number of hydrogen-bond acceptors (Lipinski definition) is 2. The summed E-state index contributed by atoms with van der Waals surface area (Å²) in [5.41, 5.74) is 2.76. The maximum absolute atomic E-state index is 5.47. The first-order valence-corrected chi connectivity index (χ1v) is 7.13. The van der Waals surface area contributed by atoms with Gasteiger partial charge in [0.2, 0.25) is 0 Å². The summed E-state index contributed by atoms with van der Waals surface area (Å²) in [5.74, 6) is 0. The molecule has 0 spiro atoms. The second-order valence-electron chi connectivity index (χ2n) is 4.83. The lowest BCUT2D eigenvalue weighted by Gasteiger charge is -2.18. The van der Waals surface area contributed by atoms with Crippen LogP contribution in [0, 0.1) is 6.92 Å². The number of ether oxygens (including phenoxy) is 1. The van der Waals surface area contributed by atoms with Gasteiger partial charge in [0.15, 0.2) is 0 Å². The van der Waals surface area contributed by atoms with Gasteiger partial charge in [0, 0.05) is 19.3 Å². The molecule has 0 heterocycles. The molecule has 0 amide bonds. The monoisotopic (exact) mass is 249 g/mol. The van der Waals surface area contributed by atoms with Gasteiger partial charge in [-0.2, -0.15) is 0 Å². The molecule has 0 aliphatic carbocycles. The lowest BCUT2D eigenvalue weighted by Crippen LogP contribution is -2.33. The van der Waals surface area contributed by atoms with Crippen LogP contribution in [-0.4, -0.2) is 25.8 Å². The topological polar surface area (TPSA) is 21.3 Å². The van der Waals surface area contributed by atoms with Crippen molar-refractivity contribution in [2.24, 2.45) is 0 Å². The predicted molar refractivity (Wildman–Crippen MR) is 78.1 cm³/mol. The van der Waals surface area contributed by atoms with Crippen molar-refractivity contribution >= 4 is 0 Å². The Hall–Kier alpha value is -0.860. The van der Waals surface area contributed by atoms with Gasteiger partial charge in [-0.25, -0.2) is 0 Å². The molecular formula is C16H27NO. The molecule has 0 aromatic heterocycles. The molecule has 1 aromatic carbocycles. The Labute approximate surface area is 112 Å². The van der Waals surface area contributed by atoms with Crippen molar-refractivity contribution in [3.63, 3.8) is 0 Å². The number of aryl methyl sites for hydroxylation is 1. The van der Waals surface area contributed by atoms with Crippen molar-refractivity contribution in [3.8, 4) is 0 Å². The largest absolute Gasteiger partial charge is 0.382 e. The lowest BCUT2D eigenvalue weighted by molar-refractivity contribution is 0.136. The normalized spacial score (nSPS) is 12.6. The van der Waals surface area contributed by atoms with Crippen molar-refractivity contribution in [2.75, 3.05) is 19.8 Å². The first kappa shape index (κ1) is 15.2. The zero-order valence-electron chi connectivity index (χ0n) is 12.0. The van der Waals surface area contributed by atoms with Crippen molar-refractivity contribution in [1.29, 1.82) is 0 Å². The van der Waals surface area contributed by atoms with E-state index in [1.54, 1.807) is 0 Å². The Balaban J connectivity index is 2.48. The summed E-state index contributed by atoms with van der Waals surface area (Å²) < 4.78 is 5.47. The highest BCUT2D eigenvalue weighted by Crippen LogP contribution is 2.09. The zero-order valence-corrected chi connectivity index (χ0v) is 12.0.